The van der Waals surface area contributed by atoms with Gasteiger partial charge in [-0.25, -0.2) is 0 Å². The molecule has 0 heterocycles. The van der Waals surface area contributed by atoms with Crippen molar-refractivity contribution in [3.05, 3.63) is 23.8 Å². The van der Waals surface area contributed by atoms with E-state index in [1.807, 2.05) is 31.4 Å². The summed E-state index contributed by atoms with van der Waals surface area (Å²) in [6.07, 6.45) is 1.92. The maximum atomic E-state index is 9.06. The molecular formula is C8H11BO2S. The van der Waals surface area contributed by atoms with Crippen LogP contribution in [-0.2, 0) is 0 Å². The molecule has 0 amide bonds. The molecule has 0 radical (unpaired) electrons. The van der Waals surface area contributed by atoms with E-state index in [1.54, 1.807) is 0 Å². The average Bonchev–Trinajstić information content (AvgIpc) is 2.03. The number of hydrogen-bond acceptors (Lipinski definition) is 3. The molecular weight excluding hydrogens is 171 g/mol. The molecule has 1 aromatic carbocycles. The Balaban J connectivity index is 3.20. The van der Waals surface area contributed by atoms with E-state index in [1.165, 1.54) is 11.8 Å². The predicted octanol–water partition coefficient (Wildman–Crippen LogP) is 0.397. The van der Waals surface area contributed by atoms with Crippen LogP contribution in [0.4, 0.5) is 0 Å². The quantitative estimate of drug-likeness (QED) is 0.513. The van der Waals surface area contributed by atoms with E-state index in [-0.39, 0.29) is 0 Å². The van der Waals surface area contributed by atoms with Crippen LogP contribution in [0.5, 0.6) is 0 Å². The molecule has 0 spiro atoms. The first kappa shape index (κ1) is 9.64. The number of rotatable bonds is 2. The summed E-state index contributed by atoms with van der Waals surface area (Å²) in [5.74, 6) is 0. The summed E-state index contributed by atoms with van der Waals surface area (Å²) in [5, 5.41) is 18.1. The van der Waals surface area contributed by atoms with Gasteiger partial charge in [-0.1, -0.05) is 17.7 Å². The monoisotopic (exact) mass is 182 g/mol. The molecule has 2 N–H and O–H groups in total. The Bertz CT molecular complexity index is 276. The van der Waals surface area contributed by atoms with Crippen LogP contribution in [0, 0.1) is 6.92 Å². The molecule has 64 valence electrons. The predicted molar refractivity (Wildman–Crippen MR) is 52.8 cm³/mol. The fraction of sp³-hybridized carbons (Fsp3) is 0.250. The van der Waals surface area contributed by atoms with E-state index in [0.717, 1.165) is 10.5 Å². The fourth-order valence-corrected chi connectivity index (χ4v) is 1.86. The van der Waals surface area contributed by atoms with Crippen molar-refractivity contribution in [2.45, 2.75) is 11.8 Å². The molecule has 0 saturated heterocycles. The summed E-state index contributed by atoms with van der Waals surface area (Å²) in [6, 6.07) is 5.66. The van der Waals surface area contributed by atoms with Gasteiger partial charge in [-0.15, -0.1) is 11.8 Å². The third kappa shape index (κ3) is 1.83. The third-order valence-electron chi connectivity index (χ3n) is 1.76. The van der Waals surface area contributed by atoms with Crippen LogP contribution in [0.2, 0.25) is 0 Å². The van der Waals surface area contributed by atoms with Crippen molar-refractivity contribution in [3.8, 4) is 0 Å². The van der Waals surface area contributed by atoms with E-state index in [0.29, 0.717) is 5.46 Å². The zero-order chi connectivity index (χ0) is 9.14. The molecule has 0 unspecified atom stereocenters. The van der Waals surface area contributed by atoms with Gasteiger partial charge in [0.05, 0.1) is 0 Å². The van der Waals surface area contributed by atoms with Crippen molar-refractivity contribution in [2.24, 2.45) is 0 Å². The maximum Gasteiger partial charge on any atom is 0.489 e. The first-order valence-electron chi connectivity index (χ1n) is 3.66. The van der Waals surface area contributed by atoms with Crippen molar-refractivity contribution in [1.82, 2.24) is 0 Å². The molecule has 12 heavy (non-hydrogen) atoms. The molecule has 0 bridgehead atoms. The highest BCUT2D eigenvalue weighted by molar-refractivity contribution is 7.98. The van der Waals surface area contributed by atoms with Crippen LogP contribution in [0.15, 0.2) is 23.1 Å². The normalized spacial score (nSPS) is 10.0. The molecule has 4 heteroatoms. The zero-order valence-corrected chi connectivity index (χ0v) is 7.93. The minimum absolute atomic E-state index is 0.616. The van der Waals surface area contributed by atoms with Crippen LogP contribution < -0.4 is 5.46 Å². The first-order valence-corrected chi connectivity index (χ1v) is 4.89. The van der Waals surface area contributed by atoms with Gasteiger partial charge in [0.1, 0.15) is 0 Å². The van der Waals surface area contributed by atoms with Gasteiger partial charge in [0.2, 0.25) is 0 Å². The van der Waals surface area contributed by atoms with E-state index in [2.05, 4.69) is 0 Å². The number of thioether (sulfide) groups is 1. The van der Waals surface area contributed by atoms with Crippen LogP contribution in [0.3, 0.4) is 0 Å². The van der Waals surface area contributed by atoms with Gasteiger partial charge < -0.3 is 10.0 Å². The summed E-state index contributed by atoms with van der Waals surface area (Å²) in [7, 11) is -1.37. The third-order valence-corrected chi connectivity index (χ3v) is 2.56. The summed E-state index contributed by atoms with van der Waals surface area (Å²) in [6.45, 7) is 1.87. The van der Waals surface area contributed by atoms with Crippen LogP contribution in [0.1, 0.15) is 5.56 Å². The van der Waals surface area contributed by atoms with Gasteiger partial charge in [0.25, 0.3) is 0 Å². The van der Waals surface area contributed by atoms with E-state index < -0.39 is 7.12 Å². The largest absolute Gasteiger partial charge is 0.489 e. The highest BCUT2D eigenvalue weighted by Crippen LogP contribution is 2.13. The van der Waals surface area contributed by atoms with Gasteiger partial charge in [0.15, 0.2) is 0 Å². The van der Waals surface area contributed by atoms with Crippen LogP contribution in [0.25, 0.3) is 0 Å². The zero-order valence-electron chi connectivity index (χ0n) is 7.11. The van der Waals surface area contributed by atoms with Gasteiger partial charge in [-0.2, -0.15) is 0 Å². The Morgan fingerprint density at radius 1 is 1.33 bits per heavy atom. The van der Waals surface area contributed by atoms with Gasteiger partial charge in [0, 0.05) is 4.90 Å². The van der Waals surface area contributed by atoms with E-state index in [4.69, 9.17) is 10.0 Å². The Morgan fingerprint density at radius 3 is 2.42 bits per heavy atom. The Kier molecular flexibility index (Phi) is 3.20. The summed E-state index contributed by atoms with van der Waals surface area (Å²) >= 11 is 1.52. The minimum Gasteiger partial charge on any atom is -0.423 e. The van der Waals surface area contributed by atoms with Gasteiger partial charge in [-0.3, -0.25) is 0 Å². The molecule has 0 aliphatic carbocycles. The lowest BCUT2D eigenvalue weighted by Gasteiger charge is -2.08. The molecule has 0 aliphatic heterocycles. The number of aryl methyl sites for hydroxylation is 1. The lowest BCUT2D eigenvalue weighted by Crippen LogP contribution is -2.33. The molecule has 1 rings (SSSR count). The number of hydrogen-bond donors (Lipinski definition) is 2. The highest BCUT2D eigenvalue weighted by atomic mass is 32.2. The van der Waals surface area contributed by atoms with Crippen LogP contribution in [-0.4, -0.2) is 23.4 Å². The van der Waals surface area contributed by atoms with Gasteiger partial charge >= 0.3 is 7.12 Å². The first-order chi connectivity index (χ1) is 5.66. The van der Waals surface area contributed by atoms with Crippen molar-refractivity contribution in [2.75, 3.05) is 6.26 Å². The molecule has 1 aromatic rings. The topological polar surface area (TPSA) is 40.5 Å². The average molecular weight is 182 g/mol. The van der Waals surface area contributed by atoms with Crippen LogP contribution >= 0.6 is 11.8 Å². The Hall–Kier alpha value is -0.445. The van der Waals surface area contributed by atoms with Gasteiger partial charge in [-0.05, 0) is 24.7 Å². The molecule has 0 aromatic heterocycles. The molecule has 2 nitrogen and oxygen atoms in total. The molecule has 0 aliphatic rings. The lowest BCUT2D eigenvalue weighted by molar-refractivity contribution is 0.424. The second-order valence-electron chi connectivity index (χ2n) is 2.56. The Labute approximate surface area is 76.8 Å². The summed E-state index contributed by atoms with van der Waals surface area (Å²) in [4.78, 5) is 0.921. The second-order valence-corrected chi connectivity index (χ2v) is 3.41. The number of benzene rings is 1. The minimum atomic E-state index is -1.37. The van der Waals surface area contributed by atoms with Crippen molar-refractivity contribution in [3.63, 3.8) is 0 Å². The second kappa shape index (κ2) is 3.98. The van der Waals surface area contributed by atoms with Crippen molar-refractivity contribution >= 4 is 24.3 Å². The fourth-order valence-electron chi connectivity index (χ4n) is 1.16. The SMILES string of the molecule is CSc1cccc(C)c1B(O)O. The van der Waals surface area contributed by atoms with E-state index >= 15 is 0 Å². The van der Waals surface area contributed by atoms with E-state index in [9.17, 15) is 0 Å². The van der Waals surface area contributed by atoms with Crippen molar-refractivity contribution < 1.29 is 10.0 Å². The summed E-state index contributed by atoms with van der Waals surface area (Å²) < 4.78 is 0. The standard InChI is InChI=1S/C8H11BO2S/c1-6-4-3-5-7(12-2)8(6)9(10)11/h3-5,10-11H,1-2H3. The Morgan fingerprint density at radius 2 is 2.00 bits per heavy atom. The maximum absolute atomic E-state index is 9.06. The smallest absolute Gasteiger partial charge is 0.423 e. The molecule has 0 fully saturated rings. The molecule has 0 atom stereocenters. The lowest BCUT2D eigenvalue weighted by atomic mass is 9.77. The highest BCUT2D eigenvalue weighted by Gasteiger charge is 2.17. The molecule has 0 saturated carbocycles. The summed E-state index contributed by atoms with van der Waals surface area (Å²) in [5.41, 5.74) is 1.53. The van der Waals surface area contributed by atoms with Crippen molar-refractivity contribution in [1.29, 1.82) is 0 Å².